The Morgan fingerprint density at radius 3 is 2.20 bits per heavy atom. The van der Waals surface area contributed by atoms with Crippen molar-refractivity contribution < 1.29 is 9.59 Å². The van der Waals surface area contributed by atoms with Crippen LogP contribution in [0.4, 0.5) is 0 Å². The first-order chi connectivity index (χ1) is 9.49. The number of hydrogen-bond donors (Lipinski definition) is 1. The lowest BCUT2D eigenvalue weighted by Crippen LogP contribution is -2.44. The second kappa shape index (κ2) is 8.25. The minimum absolute atomic E-state index is 0.0116. The van der Waals surface area contributed by atoms with Crippen molar-refractivity contribution in [2.45, 2.75) is 39.0 Å². The van der Waals surface area contributed by atoms with Crippen molar-refractivity contribution in [2.24, 2.45) is 17.6 Å². The lowest BCUT2D eigenvalue weighted by atomic mass is 9.81. The Hall–Kier alpha value is -1.10. The average molecular weight is 283 g/mol. The predicted octanol–water partition coefficient (Wildman–Crippen LogP) is 1.08. The quantitative estimate of drug-likeness (QED) is 0.793. The fraction of sp³-hybridized carbons (Fsp3) is 0.867. The molecule has 0 spiro atoms. The molecular weight excluding hydrogens is 254 g/mol. The molecule has 0 aromatic heterocycles. The van der Waals surface area contributed by atoms with Crippen molar-refractivity contribution in [2.75, 3.05) is 33.7 Å². The first-order valence-electron chi connectivity index (χ1n) is 7.68. The summed E-state index contributed by atoms with van der Waals surface area (Å²) < 4.78 is 0. The number of hydrogen-bond acceptors (Lipinski definition) is 3. The van der Waals surface area contributed by atoms with Crippen molar-refractivity contribution in [1.29, 1.82) is 0 Å². The van der Waals surface area contributed by atoms with E-state index in [1.807, 2.05) is 6.92 Å². The number of carbonyl (C=O) groups excluding carboxylic acids is 2. The summed E-state index contributed by atoms with van der Waals surface area (Å²) >= 11 is 0. The van der Waals surface area contributed by atoms with E-state index in [0.717, 1.165) is 38.6 Å². The average Bonchev–Trinajstić information content (AvgIpc) is 2.46. The highest BCUT2D eigenvalue weighted by atomic mass is 16.2. The minimum Gasteiger partial charge on any atom is -0.347 e. The molecule has 0 saturated heterocycles. The first-order valence-corrected chi connectivity index (χ1v) is 7.68. The van der Waals surface area contributed by atoms with Crippen LogP contribution in [0.2, 0.25) is 0 Å². The van der Waals surface area contributed by atoms with E-state index < -0.39 is 0 Å². The fourth-order valence-electron chi connectivity index (χ4n) is 2.75. The first kappa shape index (κ1) is 17.0. The van der Waals surface area contributed by atoms with Crippen LogP contribution < -0.4 is 5.73 Å². The molecule has 1 saturated carbocycles. The van der Waals surface area contributed by atoms with E-state index >= 15 is 0 Å². The fourth-order valence-corrected chi connectivity index (χ4v) is 2.75. The molecule has 0 aromatic carbocycles. The molecule has 0 unspecified atom stereocenters. The Morgan fingerprint density at radius 1 is 1.15 bits per heavy atom. The molecule has 1 rings (SSSR count). The third-order valence-electron chi connectivity index (χ3n) is 4.16. The van der Waals surface area contributed by atoms with E-state index in [4.69, 9.17) is 5.73 Å². The highest BCUT2D eigenvalue weighted by molar-refractivity contribution is 5.85. The molecule has 0 bridgehead atoms. The van der Waals surface area contributed by atoms with Crippen LogP contribution in [0.5, 0.6) is 0 Å². The second-order valence-electron chi connectivity index (χ2n) is 6.00. The summed E-state index contributed by atoms with van der Waals surface area (Å²) in [5.41, 5.74) is 5.69. The molecule has 2 amide bonds. The molecule has 0 heterocycles. The zero-order valence-electron chi connectivity index (χ0n) is 13.1. The van der Waals surface area contributed by atoms with Gasteiger partial charge in [-0.2, -0.15) is 0 Å². The topological polar surface area (TPSA) is 66.6 Å². The van der Waals surface area contributed by atoms with Gasteiger partial charge in [-0.05, 0) is 44.6 Å². The summed E-state index contributed by atoms with van der Waals surface area (Å²) in [6.07, 6.45) is 4.78. The van der Waals surface area contributed by atoms with Gasteiger partial charge in [0.1, 0.15) is 0 Å². The Balaban J connectivity index is 2.58. The SMILES string of the molecule is CCCN(CC(=O)N(C)C)C(=O)C1CCC(CN)CC1. The molecule has 5 nitrogen and oxygen atoms in total. The number of nitrogens with zero attached hydrogens (tertiary/aromatic N) is 2. The minimum atomic E-state index is -0.0116. The number of rotatable bonds is 6. The number of nitrogens with two attached hydrogens (primary N) is 1. The second-order valence-corrected chi connectivity index (χ2v) is 6.00. The largest absolute Gasteiger partial charge is 0.347 e. The van der Waals surface area contributed by atoms with Crippen LogP contribution in [0.25, 0.3) is 0 Å². The van der Waals surface area contributed by atoms with Gasteiger partial charge in [-0.3, -0.25) is 9.59 Å². The van der Waals surface area contributed by atoms with Gasteiger partial charge in [-0.15, -0.1) is 0 Å². The van der Waals surface area contributed by atoms with Gasteiger partial charge in [0.05, 0.1) is 6.54 Å². The number of likely N-dealkylation sites (N-methyl/N-ethyl adjacent to an activating group) is 1. The molecule has 2 N–H and O–H groups in total. The van der Waals surface area contributed by atoms with Gasteiger partial charge in [0.2, 0.25) is 11.8 Å². The van der Waals surface area contributed by atoms with E-state index in [1.165, 1.54) is 0 Å². The van der Waals surface area contributed by atoms with Crippen molar-refractivity contribution in [3.05, 3.63) is 0 Å². The zero-order chi connectivity index (χ0) is 15.1. The van der Waals surface area contributed by atoms with E-state index in [9.17, 15) is 9.59 Å². The van der Waals surface area contributed by atoms with Gasteiger partial charge in [-0.1, -0.05) is 6.92 Å². The molecule has 0 radical (unpaired) electrons. The monoisotopic (exact) mass is 283 g/mol. The molecule has 0 aromatic rings. The molecule has 0 aliphatic heterocycles. The smallest absolute Gasteiger partial charge is 0.241 e. The van der Waals surface area contributed by atoms with Crippen LogP contribution in [-0.4, -0.2) is 55.3 Å². The Morgan fingerprint density at radius 2 is 1.75 bits per heavy atom. The molecule has 1 aliphatic carbocycles. The maximum absolute atomic E-state index is 12.6. The summed E-state index contributed by atoms with van der Waals surface area (Å²) in [5, 5.41) is 0. The summed E-state index contributed by atoms with van der Waals surface area (Å²) in [7, 11) is 3.45. The van der Waals surface area contributed by atoms with Crippen molar-refractivity contribution >= 4 is 11.8 Å². The lowest BCUT2D eigenvalue weighted by molar-refractivity contribution is -0.142. The third kappa shape index (κ3) is 4.78. The summed E-state index contributed by atoms with van der Waals surface area (Å²) in [5.74, 6) is 0.793. The van der Waals surface area contributed by atoms with Crippen LogP contribution in [0.3, 0.4) is 0 Å². The van der Waals surface area contributed by atoms with Crippen molar-refractivity contribution in [1.82, 2.24) is 9.80 Å². The molecule has 116 valence electrons. The summed E-state index contributed by atoms with van der Waals surface area (Å²) in [6, 6.07) is 0. The maximum Gasteiger partial charge on any atom is 0.241 e. The Labute approximate surface area is 122 Å². The highest BCUT2D eigenvalue weighted by Gasteiger charge is 2.29. The maximum atomic E-state index is 12.6. The van der Waals surface area contributed by atoms with Crippen LogP contribution in [0.15, 0.2) is 0 Å². The van der Waals surface area contributed by atoms with Gasteiger partial charge in [0, 0.05) is 26.6 Å². The molecule has 0 atom stereocenters. The van der Waals surface area contributed by atoms with Gasteiger partial charge in [0.15, 0.2) is 0 Å². The van der Waals surface area contributed by atoms with Crippen LogP contribution >= 0.6 is 0 Å². The van der Waals surface area contributed by atoms with Crippen LogP contribution in [0, 0.1) is 11.8 Å². The highest BCUT2D eigenvalue weighted by Crippen LogP contribution is 2.29. The Kier molecular flexibility index (Phi) is 6.99. The van der Waals surface area contributed by atoms with Crippen molar-refractivity contribution in [3.8, 4) is 0 Å². The summed E-state index contributed by atoms with van der Waals surface area (Å²) in [6.45, 7) is 3.62. The molecule has 1 fully saturated rings. The van der Waals surface area contributed by atoms with Crippen molar-refractivity contribution in [3.63, 3.8) is 0 Å². The normalized spacial score (nSPS) is 22.4. The zero-order valence-corrected chi connectivity index (χ0v) is 13.1. The van der Waals surface area contributed by atoms with E-state index in [2.05, 4.69) is 0 Å². The molecule has 5 heteroatoms. The standard InChI is InChI=1S/C15H29N3O2/c1-4-9-18(11-14(19)17(2)3)15(20)13-7-5-12(10-16)6-8-13/h12-13H,4-11,16H2,1-3H3. The molecular formula is C15H29N3O2. The third-order valence-corrected chi connectivity index (χ3v) is 4.16. The number of amides is 2. The van der Waals surface area contributed by atoms with Crippen LogP contribution in [-0.2, 0) is 9.59 Å². The van der Waals surface area contributed by atoms with Gasteiger partial charge < -0.3 is 15.5 Å². The Bertz CT molecular complexity index is 323. The lowest BCUT2D eigenvalue weighted by Gasteiger charge is -2.32. The summed E-state index contributed by atoms with van der Waals surface area (Å²) in [4.78, 5) is 27.7. The molecule has 20 heavy (non-hydrogen) atoms. The number of carbonyl (C=O) groups is 2. The van der Waals surface area contributed by atoms with Gasteiger partial charge >= 0.3 is 0 Å². The molecule has 1 aliphatic rings. The predicted molar refractivity (Wildman–Crippen MR) is 80.1 cm³/mol. The van der Waals surface area contributed by atoms with E-state index in [1.54, 1.807) is 23.9 Å². The van der Waals surface area contributed by atoms with E-state index in [0.29, 0.717) is 12.5 Å². The van der Waals surface area contributed by atoms with E-state index in [-0.39, 0.29) is 24.3 Å². The van der Waals surface area contributed by atoms with Gasteiger partial charge in [-0.25, -0.2) is 0 Å². The van der Waals surface area contributed by atoms with Gasteiger partial charge in [0.25, 0.3) is 0 Å². The van der Waals surface area contributed by atoms with Crippen LogP contribution in [0.1, 0.15) is 39.0 Å².